The SMILES string of the molecule is CCOC(=O)COc1cc(Nc2ncnc3[nH]cc(CN(C)CCN(C)C(=O)OC(C)(C)C)c23)ccc1OC. The van der Waals surface area contributed by atoms with E-state index < -0.39 is 11.6 Å². The van der Waals surface area contributed by atoms with E-state index in [0.29, 0.717) is 48.3 Å². The first-order valence-corrected chi connectivity index (χ1v) is 12.7. The number of fused-ring (bicyclic) bond motifs is 1. The predicted molar refractivity (Wildman–Crippen MR) is 147 cm³/mol. The molecule has 0 atom stereocenters. The van der Waals surface area contributed by atoms with Crippen LogP contribution in [0, 0.1) is 0 Å². The lowest BCUT2D eigenvalue weighted by atomic mass is 10.2. The number of nitrogens with zero attached hydrogens (tertiary/aromatic N) is 4. The summed E-state index contributed by atoms with van der Waals surface area (Å²) in [5.74, 6) is 1.02. The molecule has 0 saturated carbocycles. The molecule has 3 rings (SSSR count). The number of hydrogen-bond acceptors (Lipinski definition) is 10. The van der Waals surface area contributed by atoms with E-state index in [1.54, 1.807) is 31.0 Å². The summed E-state index contributed by atoms with van der Waals surface area (Å²) >= 11 is 0. The van der Waals surface area contributed by atoms with E-state index in [0.717, 1.165) is 10.9 Å². The summed E-state index contributed by atoms with van der Waals surface area (Å²) in [6, 6.07) is 5.31. The topological polar surface area (TPSA) is 131 Å². The van der Waals surface area contributed by atoms with Crippen molar-refractivity contribution >= 4 is 34.6 Å². The van der Waals surface area contributed by atoms with Crippen LogP contribution in [-0.4, -0.2) is 89.9 Å². The third-order valence-electron chi connectivity index (χ3n) is 5.59. The number of ether oxygens (including phenoxy) is 4. The molecule has 0 aliphatic heterocycles. The highest BCUT2D eigenvalue weighted by atomic mass is 16.6. The highest BCUT2D eigenvalue weighted by Gasteiger charge is 2.20. The number of benzene rings is 1. The molecule has 0 radical (unpaired) electrons. The number of carbonyl (C=O) groups excluding carboxylic acids is 2. The average Bonchev–Trinajstić information content (AvgIpc) is 3.29. The molecule has 0 aliphatic carbocycles. The smallest absolute Gasteiger partial charge is 0.410 e. The van der Waals surface area contributed by atoms with Crippen LogP contribution in [0.25, 0.3) is 11.0 Å². The molecule has 0 fully saturated rings. The maximum Gasteiger partial charge on any atom is 0.410 e. The highest BCUT2D eigenvalue weighted by Crippen LogP contribution is 2.33. The summed E-state index contributed by atoms with van der Waals surface area (Å²) in [6.07, 6.45) is 3.03. The second kappa shape index (κ2) is 13.1. The lowest BCUT2D eigenvalue weighted by molar-refractivity contribution is -0.145. The van der Waals surface area contributed by atoms with Gasteiger partial charge in [-0.1, -0.05) is 0 Å². The molecule has 2 N–H and O–H groups in total. The van der Waals surface area contributed by atoms with E-state index in [-0.39, 0.29) is 19.3 Å². The fourth-order valence-electron chi connectivity index (χ4n) is 3.71. The molecule has 39 heavy (non-hydrogen) atoms. The van der Waals surface area contributed by atoms with E-state index in [1.807, 2.05) is 40.1 Å². The molecule has 1 aromatic carbocycles. The first-order valence-electron chi connectivity index (χ1n) is 12.7. The number of H-pyrrole nitrogens is 1. The number of nitrogens with one attached hydrogen (secondary N) is 2. The minimum absolute atomic E-state index is 0.233. The van der Waals surface area contributed by atoms with Crippen molar-refractivity contribution < 1.29 is 28.5 Å². The van der Waals surface area contributed by atoms with Crippen LogP contribution in [0.2, 0.25) is 0 Å². The van der Waals surface area contributed by atoms with Gasteiger partial charge in [0.25, 0.3) is 0 Å². The lowest BCUT2D eigenvalue weighted by Gasteiger charge is -2.26. The van der Waals surface area contributed by atoms with Crippen LogP contribution < -0.4 is 14.8 Å². The Labute approximate surface area is 228 Å². The third kappa shape index (κ3) is 8.47. The molecule has 0 unspecified atom stereocenters. The van der Waals surface area contributed by atoms with Gasteiger partial charge < -0.3 is 39.0 Å². The summed E-state index contributed by atoms with van der Waals surface area (Å²) in [5.41, 5.74) is 1.83. The monoisotopic (exact) mass is 542 g/mol. The Morgan fingerprint density at radius 1 is 1.10 bits per heavy atom. The van der Waals surface area contributed by atoms with Gasteiger partial charge in [-0.25, -0.2) is 19.6 Å². The molecule has 0 spiro atoms. The molecule has 1 amide bonds. The molecule has 2 aromatic heterocycles. The van der Waals surface area contributed by atoms with Gasteiger partial charge >= 0.3 is 12.1 Å². The van der Waals surface area contributed by atoms with Gasteiger partial charge in [-0.15, -0.1) is 0 Å². The fraction of sp³-hybridized carbons (Fsp3) is 0.481. The Kier molecular flexibility index (Phi) is 9.94. The van der Waals surface area contributed by atoms with E-state index in [2.05, 4.69) is 25.2 Å². The van der Waals surface area contributed by atoms with Crippen LogP contribution in [0.1, 0.15) is 33.3 Å². The number of rotatable bonds is 12. The standard InChI is InChI=1S/C27H38N6O6/c1-8-37-22(34)16-38-21-13-19(9-10-20(21)36-7)31-25-23-18(14-28-24(23)29-17-30-25)15-32(5)11-12-33(6)26(35)39-27(2,3)4/h9-10,13-14,17H,8,11-12,15-16H2,1-7H3,(H2,28,29,30,31). The molecule has 212 valence electrons. The number of likely N-dealkylation sites (N-methyl/N-ethyl adjacent to an activating group) is 2. The van der Waals surface area contributed by atoms with Crippen molar-refractivity contribution in [2.24, 2.45) is 0 Å². The summed E-state index contributed by atoms with van der Waals surface area (Å²) in [7, 11) is 5.24. The van der Waals surface area contributed by atoms with Crippen LogP contribution in [0.15, 0.2) is 30.7 Å². The number of anilines is 2. The minimum Gasteiger partial charge on any atom is -0.493 e. The van der Waals surface area contributed by atoms with E-state index in [4.69, 9.17) is 18.9 Å². The van der Waals surface area contributed by atoms with Gasteiger partial charge in [0.1, 0.15) is 23.4 Å². The Bertz CT molecular complexity index is 1270. The van der Waals surface area contributed by atoms with Gasteiger partial charge in [0.05, 0.1) is 19.1 Å². The zero-order valence-corrected chi connectivity index (χ0v) is 23.7. The van der Waals surface area contributed by atoms with E-state index in [1.165, 1.54) is 13.4 Å². The largest absolute Gasteiger partial charge is 0.493 e. The number of methoxy groups -OCH3 is 1. The summed E-state index contributed by atoms with van der Waals surface area (Å²) < 4.78 is 21.4. The van der Waals surface area contributed by atoms with Crippen LogP contribution in [0.4, 0.5) is 16.3 Å². The van der Waals surface area contributed by atoms with Gasteiger partial charge in [0.15, 0.2) is 18.1 Å². The Balaban J connectivity index is 1.72. The normalized spacial score (nSPS) is 11.4. The van der Waals surface area contributed by atoms with Gasteiger partial charge in [-0.3, -0.25) is 0 Å². The average molecular weight is 543 g/mol. The summed E-state index contributed by atoms with van der Waals surface area (Å²) in [5, 5.41) is 4.17. The van der Waals surface area contributed by atoms with Crippen LogP contribution >= 0.6 is 0 Å². The van der Waals surface area contributed by atoms with Gasteiger partial charge in [-0.05, 0) is 52.4 Å². The molecular weight excluding hydrogens is 504 g/mol. The second-order valence-corrected chi connectivity index (χ2v) is 9.98. The first kappa shape index (κ1) is 29.5. The number of amides is 1. The van der Waals surface area contributed by atoms with E-state index >= 15 is 0 Å². The molecular formula is C27H38N6O6. The number of carbonyl (C=O) groups is 2. The van der Waals surface area contributed by atoms with Crippen molar-refractivity contribution in [1.82, 2.24) is 24.8 Å². The van der Waals surface area contributed by atoms with Crippen molar-refractivity contribution in [3.63, 3.8) is 0 Å². The van der Waals surface area contributed by atoms with Gasteiger partial charge in [-0.2, -0.15) is 0 Å². The summed E-state index contributed by atoms with van der Waals surface area (Å²) in [6.45, 7) is 9.06. The van der Waals surface area contributed by atoms with Gasteiger partial charge in [0.2, 0.25) is 0 Å². The highest BCUT2D eigenvalue weighted by molar-refractivity contribution is 5.92. The first-order chi connectivity index (χ1) is 18.5. The van der Waals surface area contributed by atoms with Gasteiger partial charge in [0, 0.05) is 44.6 Å². The Morgan fingerprint density at radius 3 is 2.56 bits per heavy atom. The maximum absolute atomic E-state index is 12.3. The van der Waals surface area contributed by atoms with Crippen molar-refractivity contribution in [2.45, 2.75) is 39.8 Å². The second-order valence-electron chi connectivity index (χ2n) is 9.98. The number of aromatic amines is 1. The zero-order chi connectivity index (χ0) is 28.6. The molecule has 0 aliphatic rings. The Morgan fingerprint density at radius 2 is 1.87 bits per heavy atom. The molecule has 0 saturated heterocycles. The summed E-state index contributed by atoms with van der Waals surface area (Å²) in [4.78, 5) is 39.7. The molecule has 0 bridgehead atoms. The zero-order valence-electron chi connectivity index (χ0n) is 23.7. The maximum atomic E-state index is 12.3. The Hall–Kier alpha value is -4.06. The lowest BCUT2D eigenvalue weighted by Crippen LogP contribution is -2.38. The molecule has 12 heteroatoms. The fourth-order valence-corrected chi connectivity index (χ4v) is 3.71. The number of hydrogen-bond donors (Lipinski definition) is 2. The van der Waals surface area contributed by atoms with Crippen LogP contribution in [0.3, 0.4) is 0 Å². The molecule has 3 aromatic rings. The third-order valence-corrected chi connectivity index (χ3v) is 5.59. The number of esters is 1. The predicted octanol–water partition coefficient (Wildman–Crippen LogP) is 3.95. The van der Waals surface area contributed by atoms with Crippen molar-refractivity contribution in [3.8, 4) is 11.5 Å². The quantitative estimate of drug-likeness (QED) is 0.324. The van der Waals surface area contributed by atoms with E-state index in [9.17, 15) is 9.59 Å². The molecule has 2 heterocycles. The molecule has 12 nitrogen and oxygen atoms in total. The number of aromatic nitrogens is 3. The van der Waals surface area contributed by atoms with Crippen molar-refractivity contribution in [3.05, 3.63) is 36.3 Å². The van der Waals surface area contributed by atoms with Crippen LogP contribution in [0.5, 0.6) is 11.5 Å². The minimum atomic E-state index is -0.539. The van der Waals surface area contributed by atoms with Crippen molar-refractivity contribution in [2.75, 3.05) is 52.8 Å². The van der Waals surface area contributed by atoms with Crippen molar-refractivity contribution in [1.29, 1.82) is 0 Å². The van der Waals surface area contributed by atoms with Crippen LogP contribution in [-0.2, 0) is 20.8 Å².